The van der Waals surface area contributed by atoms with Crippen molar-refractivity contribution in [1.29, 1.82) is 0 Å². The molecule has 3 N–H and O–H groups in total. The molecule has 1 atom stereocenters. The van der Waals surface area contributed by atoms with Crippen LogP contribution in [0.25, 0.3) is 0 Å². The topological polar surface area (TPSA) is 79.8 Å². The molecular weight excluding hydrogens is 296 g/mol. The predicted molar refractivity (Wildman–Crippen MR) is 90.1 cm³/mol. The lowest BCUT2D eigenvalue weighted by Crippen LogP contribution is -2.39. The van der Waals surface area contributed by atoms with E-state index in [0.29, 0.717) is 32.7 Å². The first kappa shape index (κ1) is 19.1. The second-order valence-electron chi connectivity index (χ2n) is 5.32. The molecule has 0 spiro atoms. The van der Waals surface area contributed by atoms with E-state index in [0.717, 1.165) is 17.1 Å². The van der Waals surface area contributed by atoms with Crippen molar-refractivity contribution in [2.45, 2.75) is 27.2 Å². The van der Waals surface area contributed by atoms with Gasteiger partial charge in [-0.05, 0) is 43.9 Å². The van der Waals surface area contributed by atoms with Crippen molar-refractivity contribution in [2.24, 2.45) is 5.92 Å². The van der Waals surface area contributed by atoms with E-state index in [-0.39, 0.29) is 18.6 Å². The zero-order valence-corrected chi connectivity index (χ0v) is 14.2. The number of carbonyl (C=O) groups excluding carboxylic acids is 1. The van der Waals surface area contributed by atoms with E-state index in [1.54, 1.807) is 0 Å². The number of ether oxygens (including phenoxy) is 2. The molecule has 0 aliphatic carbocycles. The van der Waals surface area contributed by atoms with Crippen LogP contribution in [0.2, 0.25) is 0 Å². The molecule has 1 aromatic rings. The van der Waals surface area contributed by atoms with Crippen LogP contribution in [0.15, 0.2) is 18.2 Å². The van der Waals surface area contributed by atoms with Crippen molar-refractivity contribution in [1.82, 2.24) is 10.6 Å². The summed E-state index contributed by atoms with van der Waals surface area (Å²) in [5.41, 5.74) is 1.07. The highest BCUT2D eigenvalue weighted by Crippen LogP contribution is 2.28. The summed E-state index contributed by atoms with van der Waals surface area (Å²) < 4.78 is 11.1. The molecule has 1 unspecified atom stereocenters. The molecule has 130 valence electrons. The summed E-state index contributed by atoms with van der Waals surface area (Å²) in [6, 6.07) is 5.59. The quantitative estimate of drug-likeness (QED) is 0.614. The highest BCUT2D eigenvalue weighted by Gasteiger charge is 2.07. The van der Waals surface area contributed by atoms with E-state index < -0.39 is 0 Å². The Morgan fingerprint density at radius 2 is 1.87 bits per heavy atom. The standard InChI is InChI=1S/C17H28N2O4/c1-4-22-15-7-6-14(10-16(15)23-5-2)8-9-18-17(21)19-11-13(3)12-20/h6-7,10,13,20H,4-5,8-9,11-12H2,1-3H3,(H2,18,19,21). The number of rotatable bonds is 10. The molecular formula is C17H28N2O4. The normalized spacial score (nSPS) is 11.7. The third kappa shape index (κ3) is 7.23. The Balaban J connectivity index is 2.45. The molecule has 6 nitrogen and oxygen atoms in total. The fourth-order valence-electron chi connectivity index (χ4n) is 1.97. The number of aliphatic hydroxyl groups excluding tert-OH is 1. The maximum absolute atomic E-state index is 11.6. The minimum absolute atomic E-state index is 0.0561. The molecule has 0 saturated carbocycles. The first-order chi connectivity index (χ1) is 11.1. The van der Waals surface area contributed by atoms with Crippen LogP contribution in [-0.2, 0) is 6.42 Å². The van der Waals surface area contributed by atoms with Gasteiger partial charge in [-0.1, -0.05) is 13.0 Å². The zero-order valence-electron chi connectivity index (χ0n) is 14.2. The molecule has 0 aliphatic heterocycles. The first-order valence-corrected chi connectivity index (χ1v) is 8.11. The summed E-state index contributed by atoms with van der Waals surface area (Å²) in [6.45, 7) is 7.95. The minimum Gasteiger partial charge on any atom is -0.490 e. The Labute approximate surface area is 138 Å². The first-order valence-electron chi connectivity index (χ1n) is 8.11. The van der Waals surface area contributed by atoms with Gasteiger partial charge in [0.05, 0.1) is 13.2 Å². The van der Waals surface area contributed by atoms with Gasteiger partial charge in [-0.2, -0.15) is 0 Å². The monoisotopic (exact) mass is 324 g/mol. The summed E-state index contributed by atoms with van der Waals surface area (Å²) in [7, 11) is 0. The van der Waals surface area contributed by atoms with Crippen LogP contribution in [0.3, 0.4) is 0 Å². The molecule has 6 heteroatoms. The molecule has 1 aromatic carbocycles. The lowest BCUT2D eigenvalue weighted by molar-refractivity contribution is 0.222. The van der Waals surface area contributed by atoms with Gasteiger partial charge in [-0.25, -0.2) is 4.79 Å². The van der Waals surface area contributed by atoms with Gasteiger partial charge in [0.2, 0.25) is 0 Å². The smallest absolute Gasteiger partial charge is 0.314 e. The largest absolute Gasteiger partial charge is 0.490 e. The fourth-order valence-corrected chi connectivity index (χ4v) is 1.97. The average Bonchev–Trinajstić information content (AvgIpc) is 2.55. The van der Waals surface area contributed by atoms with Crippen molar-refractivity contribution in [3.63, 3.8) is 0 Å². The van der Waals surface area contributed by atoms with Crippen molar-refractivity contribution >= 4 is 6.03 Å². The second kappa shape index (κ2) is 10.7. The molecule has 0 bridgehead atoms. The highest BCUT2D eigenvalue weighted by atomic mass is 16.5. The number of carbonyl (C=O) groups is 1. The lowest BCUT2D eigenvalue weighted by Gasteiger charge is -2.13. The van der Waals surface area contributed by atoms with Crippen LogP contribution in [0.1, 0.15) is 26.3 Å². The van der Waals surface area contributed by atoms with E-state index in [1.807, 2.05) is 39.0 Å². The van der Waals surface area contributed by atoms with E-state index >= 15 is 0 Å². The molecule has 0 fully saturated rings. The SMILES string of the molecule is CCOc1ccc(CCNC(=O)NCC(C)CO)cc1OCC. The molecule has 0 heterocycles. The second-order valence-corrected chi connectivity index (χ2v) is 5.32. The molecule has 0 aliphatic rings. The van der Waals surface area contributed by atoms with Crippen LogP contribution in [-0.4, -0.2) is 44.0 Å². The van der Waals surface area contributed by atoms with Gasteiger partial charge < -0.3 is 25.2 Å². The van der Waals surface area contributed by atoms with Crippen molar-refractivity contribution in [2.75, 3.05) is 32.9 Å². The van der Waals surface area contributed by atoms with Crippen LogP contribution >= 0.6 is 0 Å². The molecule has 0 saturated heterocycles. The van der Waals surface area contributed by atoms with Gasteiger partial charge in [-0.3, -0.25) is 0 Å². The van der Waals surface area contributed by atoms with Gasteiger partial charge >= 0.3 is 6.03 Å². The zero-order chi connectivity index (χ0) is 17.1. The van der Waals surface area contributed by atoms with Gasteiger partial charge in [0, 0.05) is 19.7 Å². The molecule has 23 heavy (non-hydrogen) atoms. The predicted octanol–water partition coefficient (Wildman–Crippen LogP) is 1.95. The van der Waals surface area contributed by atoms with E-state index in [4.69, 9.17) is 14.6 Å². The summed E-state index contributed by atoms with van der Waals surface area (Å²) >= 11 is 0. The Bertz CT molecular complexity index is 480. The van der Waals surface area contributed by atoms with Crippen molar-refractivity contribution in [3.8, 4) is 11.5 Å². The van der Waals surface area contributed by atoms with Crippen LogP contribution < -0.4 is 20.1 Å². The molecule has 1 rings (SSSR count). The molecule has 0 aromatic heterocycles. The third-order valence-corrected chi connectivity index (χ3v) is 3.23. The van der Waals surface area contributed by atoms with Gasteiger partial charge in [0.15, 0.2) is 11.5 Å². The van der Waals surface area contributed by atoms with Gasteiger partial charge in [-0.15, -0.1) is 0 Å². The van der Waals surface area contributed by atoms with E-state index in [1.165, 1.54) is 0 Å². The molecule has 2 amide bonds. The van der Waals surface area contributed by atoms with Crippen LogP contribution in [0.5, 0.6) is 11.5 Å². The highest BCUT2D eigenvalue weighted by molar-refractivity contribution is 5.73. The Morgan fingerprint density at radius 3 is 2.52 bits per heavy atom. The Kier molecular flexibility index (Phi) is 8.90. The van der Waals surface area contributed by atoms with E-state index in [9.17, 15) is 4.79 Å². The number of amides is 2. The van der Waals surface area contributed by atoms with Gasteiger partial charge in [0.1, 0.15) is 0 Å². The number of aliphatic hydroxyl groups is 1. The molecule has 0 radical (unpaired) electrons. The average molecular weight is 324 g/mol. The number of nitrogens with one attached hydrogen (secondary N) is 2. The minimum atomic E-state index is -0.221. The number of hydrogen-bond donors (Lipinski definition) is 3. The van der Waals surface area contributed by atoms with Crippen molar-refractivity contribution < 1.29 is 19.4 Å². The number of hydrogen-bond acceptors (Lipinski definition) is 4. The number of urea groups is 1. The van der Waals surface area contributed by atoms with E-state index in [2.05, 4.69) is 10.6 Å². The maximum atomic E-state index is 11.6. The summed E-state index contributed by atoms with van der Waals surface area (Å²) in [4.78, 5) is 11.6. The van der Waals surface area contributed by atoms with Crippen molar-refractivity contribution in [3.05, 3.63) is 23.8 Å². The Hall–Kier alpha value is -1.95. The summed E-state index contributed by atoms with van der Waals surface area (Å²) in [5, 5.41) is 14.4. The summed E-state index contributed by atoms with van der Waals surface area (Å²) in [5.74, 6) is 1.52. The Morgan fingerprint density at radius 1 is 1.17 bits per heavy atom. The third-order valence-electron chi connectivity index (χ3n) is 3.23. The summed E-state index contributed by atoms with van der Waals surface area (Å²) in [6.07, 6.45) is 0.704. The van der Waals surface area contributed by atoms with Crippen LogP contribution in [0, 0.1) is 5.92 Å². The van der Waals surface area contributed by atoms with Gasteiger partial charge in [0.25, 0.3) is 0 Å². The fraction of sp³-hybridized carbons (Fsp3) is 0.588. The maximum Gasteiger partial charge on any atom is 0.314 e. The lowest BCUT2D eigenvalue weighted by atomic mass is 10.1. The van der Waals surface area contributed by atoms with Crippen LogP contribution in [0.4, 0.5) is 4.79 Å². The number of benzene rings is 1.